The molecule has 0 spiro atoms. The maximum atomic E-state index is 13.4. The summed E-state index contributed by atoms with van der Waals surface area (Å²) in [5.41, 5.74) is 2.47. The molecule has 0 aromatic heterocycles. The molecule has 0 unspecified atom stereocenters. The van der Waals surface area contributed by atoms with Crippen LogP contribution in [0.25, 0.3) is 11.1 Å². The molecule has 0 saturated heterocycles. The van der Waals surface area contributed by atoms with Crippen molar-refractivity contribution in [3.05, 3.63) is 58.6 Å². The largest absolute Gasteiger partial charge is 0.313 e. The number of benzene rings is 2. The Morgan fingerprint density at radius 3 is 2.55 bits per heavy atom. The van der Waals surface area contributed by atoms with Crippen LogP contribution in [0.1, 0.15) is 18.9 Å². The van der Waals surface area contributed by atoms with Crippen molar-refractivity contribution in [1.29, 1.82) is 0 Å². The van der Waals surface area contributed by atoms with Crippen molar-refractivity contribution in [3.63, 3.8) is 0 Å². The molecular formula is C16H16ClF2N. The highest BCUT2D eigenvalue weighted by Gasteiger charge is 2.09. The van der Waals surface area contributed by atoms with Gasteiger partial charge in [0.15, 0.2) is 11.6 Å². The van der Waals surface area contributed by atoms with Gasteiger partial charge in [0.25, 0.3) is 0 Å². The van der Waals surface area contributed by atoms with Crippen LogP contribution in [0.5, 0.6) is 0 Å². The molecule has 0 fully saturated rings. The lowest BCUT2D eigenvalue weighted by atomic mass is 9.99. The third-order valence-corrected chi connectivity index (χ3v) is 3.28. The number of hydrogen-bond acceptors (Lipinski definition) is 1. The highest BCUT2D eigenvalue weighted by atomic mass is 35.5. The predicted molar refractivity (Wildman–Crippen MR) is 78.8 cm³/mol. The molecule has 0 atom stereocenters. The second kappa shape index (κ2) is 6.82. The number of halogens is 3. The fourth-order valence-corrected chi connectivity index (χ4v) is 2.25. The first-order chi connectivity index (χ1) is 9.61. The van der Waals surface area contributed by atoms with E-state index in [0.29, 0.717) is 17.1 Å². The molecule has 0 aliphatic rings. The summed E-state index contributed by atoms with van der Waals surface area (Å²) in [6.07, 6.45) is 1.03. The first-order valence-electron chi connectivity index (χ1n) is 6.56. The van der Waals surface area contributed by atoms with Crippen LogP contribution in [0.15, 0.2) is 36.4 Å². The molecule has 2 rings (SSSR count). The molecule has 0 amide bonds. The zero-order chi connectivity index (χ0) is 14.5. The van der Waals surface area contributed by atoms with Crippen LogP contribution in [-0.4, -0.2) is 6.54 Å². The summed E-state index contributed by atoms with van der Waals surface area (Å²) in [6, 6.07) is 9.36. The quantitative estimate of drug-likeness (QED) is 0.782. The highest BCUT2D eigenvalue weighted by molar-refractivity contribution is 6.30. The van der Waals surface area contributed by atoms with Gasteiger partial charge in [-0.2, -0.15) is 0 Å². The smallest absolute Gasteiger partial charge is 0.159 e. The average Bonchev–Trinajstić information content (AvgIpc) is 2.43. The first-order valence-corrected chi connectivity index (χ1v) is 6.94. The van der Waals surface area contributed by atoms with E-state index in [0.717, 1.165) is 30.2 Å². The van der Waals surface area contributed by atoms with E-state index in [1.165, 1.54) is 6.07 Å². The molecule has 4 heteroatoms. The molecule has 0 bridgehead atoms. The van der Waals surface area contributed by atoms with Crippen molar-refractivity contribution in [3.8, 4) is 11.1 Å². The standard InChI is InChI=1S/C16H16ClF2N/c1-2-7-20-10-12-8-13(17)4-5-14(12)11-3-6-15(18)16(19)9-11/h3-6,8-9,20H,2,7,10H2,1H3. The molecule has 0 aliphatic carbocycles. The van der Waals surface area contributed by atoms with Crippen LogP contribution in [0.3, 0.4) is 0 Å². The van der Waals surface area contributed by atoms with Gasteiger partial charge in [0.2, 0.25) is 0 Å². The fraction of sp³-hybridized carbons (Fsp3) is 0.250. The van der Waals surface area contributed by atoms with Gasteiger partial charge in [-0.15, -0.1) is 0 Å². The van der Waals surface area contributed by atoms with E-state index in [1.54, 1.807) is 12.1 Å². The molecule has 1 N–H and O–H groups in total. The lowest BCUT2D eigenvalue weighted by molar-refractivity contribution is 0.509. The van der Waals surface area contributed by atoms with Crippen molar-refractivity contribution in [2.75, 3.05) is 6.54 Å². The molecule has 2 aromatic carbocycles. The zero-order valence-corrected chi connectivity index (χ0v) is 12.0. The minimum Gasteiger partial charge on any atom is -0.313 e. The van der Waals surface area contributed by atoms with E-state index in [-0.39, 0.29) is 0 Å². The molecule has 0 saturated carbocycles. The summed E-state index contributed by atoms with van der Waals surface area (Å²) in [7, 11) is 0. The summed E-state index contributed by atoms with van der Waals surface area (Å²) < 4.78 is 26.4. The molecule has 0 radical (unpaired) electrons. The van der Waals surface area contributed by atoms with Gasteiger partial charge in [0.05, 0.1) is 0 Å². The van der Waals surface area contributed by atoms with Gasteiger partial charge >= 0.3 is 0 Å². The second-order valence-corrected chi connectivity index (χ2v) is 5.04. The Balaban J connectivity index is 2.36. The number of nitrogens with one attached hydrogen (secondary N) is 1. The number of hydrogen-bond donors (Lipinski definition) is 1. The van der Waals surface area contributed by atoms with Gasteiger partial charge in [0, 0.05) is 11.6 Å². The van der Waals surface area contributed by atoms with Crippen molar-refractivity contribution in [1.82, 2.24) is 5.32 Å². The highest BCUT2D eigenvalue weighted by Crippen LogP contribution is 2.27. The second-order valence-electron chi connectivity index (χ2n) is 4.61. The molecular weight excluding hydrogens is 280 g/mol. The first kappa shape index (κ1) is 14.9. The van der Waals surface area contributed by atoms with Gasteiger partial charge in [-0.05, 0) is 53.9 Å². The summed E-state index contributed by atoms with van der Waals surface area (Å²) in [4.78, 5) is 0. The van der Waals surface area contributed by atoms with Crippen LogP contribution in [-0.2, 0) is 6.54 Å². The molecule has 1 nitrogen and oxygen atoms in total. The third-order valence-electron chi connectivity index (χ3n) is 3.04. The monoisotopic (exact) mass is 295 g/mol. The van der Waals surface area contributed by atoms with Crippen molar-refractivity contribution in [2.45, 2.75) is 19.9 Å². The average molecular weight is 296 g/mol. The Hall–Kier alpha value is -1.45. The maximum absolute atomic E-state index is 13.4. The molecule has 0 aliphatic heterocycles. The van der Waals surface area contributed by atoms with Crippen molar-refractivity contribution in [2.24, 2.45) is 0 Å². The summed E-state index contributed by atoms with van der Waals surface area (Å²) in [6.45, 7) is 3.62. The van der Waals surface area contributed by atoms with E-state index in [1.807, 2.05) is 12.1 Å². The Bertz CT molecular complexity index is 599. The Kier molecular flexibility index (Phi) is 5.10. The van der Waals surface area contributed by atoms with Crippen LogP contribution in [0.4, 0.5) is 8.78 Å². The zero-order valence-electron chi connectivity index (χ0n) is 11.2. The Morgan fingerprint density at radius 1 is 1.05 bits per heavy atom. The van der Waals surface area contributed by atoms with Crippen LogP contribution >= 0.6 is 11.6 Å². The van der Waals surface area contributed by atoms with Crippen LogP contribution < -0.4 is 5.32 Å². The molecule has 20 heavy (non-hydrogen) atoms. The predicted octanol–water partition coefficient (Wildman–Crippen LogP) is 4.78. The Morgan fingerprint density at radius 2 is 1.85 bits per heavy atom. The van der Waals surface area contributed by atoms with Crippen LogP contribution in [0, 0.1) is 11.6 Å². The molecule has 106 valence electrons. The van der Waals surface area contributed by atoms with E-state index in [2.05, 4.69) is 12.2 Å². The van der Waals surface area contributed by atoms with Gasteiger partial charge in [0.1, 0.15) is 0 Å². The van der Waals surface area contributed by atoms with Crippen molar-refractivity contribution >= 4 is 11.6 Å². The van der Waals surface area contributed by atoms with E-state index >= 15 is 0 Å². The third kappa shape index (κ3) is 3.56. The van der Waals surface area contributed by atoms with E-state index in [4.69, 9.17) is 11.6 Å². The van der Waals surface area contributed by atoms with Gasteiger partial charge in [-0.25, -0.2) is 8.78 Å². The summed E-state index contributed by atoms with van der Waals surface area (Å²) in [5.74, 6) is -1.68. The topological polar surface area (TPSA) is 12.0 Å². The lowest BCUT2D eigenvalue weighted by Gasteiger charge is -2.11. The molecule has 2 aromatic rings. The normalized spacial score (nSPS) is 10.8. The van der Waals surface area contributed by atoms with Gasteiger partial charge < -0.3 is 5.32 Å². The fourth-order valence-electron chi connectivity index (χ4n) is 2.05. The SMILES string of the molecule is CCCNCc1cc(Cl)ccc1-c1ccc(F)c(F)c1. The van der Waals surface area contributed by atoms with Crippen molar-refractivity contribution < 1.29 is 8.78 Å². The van der Waals surface area contributed by atoms with Gasteiger partial charge in [-0.1, -0.05) is 30.7 Å². The minimum atomic E-state index is -0.843. The maximum Gasteiger partial charge on any atom is 0.159 e. The van der Waals surface area contributed by atoms with E-state index in [9.17, 15) is 8.78 Å². The molecule has 0 heterocycles. The lowest BCUT2D eigenvalue weighted by Crippen LogP contribution is -2.14. The number of rotatable bonds is 5. The van der Waals surface area contributed by atoms with E-state index < -0.39 is 11.6 Å². The Labute approximate surface area is 122 Å². The minimum absolute atomic E-state index is 0.629. The summed E-state index contributed by atoms with van der Waals surface area (Å²) >= 11 is 6.01. The van der Waals surface area contributed by atoms with Crippen LogP contribution in [0.2, 0.25) is 5.02 Å². The van der Waals surface area contributed by atoms with Gasteiger partial charge in [-0.3, -0.25) is 0 Å². The summed E-state index contributed by atoms with van der Waals surface area (Å²) in [5, 5.41) is 3.92.